The van der Waals surface area contributed by atoms with Crippen molar-refractivity contribution in [1.82, 2.24) is 29.7 Å². The Morgan fingerprint density at radius 3 is 1.46 bits per heavy atom. The van der Waals surface area contributed by atoms with Gasteiger partial charge in [0.2, 0.25) is 5.28 Å². The lowest BCUT2D eigenvalue weighted by molar-refractivity contribution is 0.0726. The molecule has 0 saturated heterocycles. The summed E-state index contributed by atoms with van der Waals surface area (Å²) in [6.45, 7) is 2.39. The highest BCUT2D eigenvalue weighted by molar-refractivity contribution is 8.24. The molecule has 72 heavy (non-hydrogen) atoms. The molecule has 6 aromatic carbocycles. The summed E-state index contributed by atoms with van der Waals surface area (Å²) in [7, 11) is -6.63. The third-order valence-electron chi connectivity index (χ3n) is 11.3. The van der Waals surface area contributed by atoms with Crippen molar-refractivity contribution in [2.24, 2.45) is 0 Å². The fraction of sp³-hybridized carbons (Fsp3) is 0.184. The fourth-order valence-electron chi connectivity index (χ4n) is 7.92. The molecule has 15 nitrogen and oxygen atoms in total. The average Bonchev–Trinajstić information content (AvgIpc) is 3.71. The normalized spacial score (nSPS) is 13.6. The largest absolute Gasteiger partial charge is 0.491 e. The summed E-state index contributed by atoms with van der Waals surface area (Å²) in [5.74, 6) is 1.15. The Balaban J connectivity index is 0.000000191. The molecule has 3 N–H and O–H groups in total. The number of imidazole rings is 2. The molecular formula is C49H45Cl4N6O9PS3. The zero-order valence-corrected chi connectivity index (χ0v) is 43.9. The summed E-state index contributed by atoms with van der Waals surface area (Å²) >= 11 is 25.0. The second kappa shape index (κ2) is 22.2. The second-order valence-corrected chi connectivity index (χ2v) is 27.8. The number of carbonyl (C=O) groups is 2. The summed E-state index contributed by atoms with van der Waals surface area (Å²) in [5.41, 5.74) is 10.2. The van der Waals surface area contributed by atoms with Crippen LogP contribution in [0.15, 0.2) is 131 Å². The van der Waals surface area contributed by atoms with Gasteiger partial charge in [0.25, 0.3) is 11.8 Å². The van der Waals surface area contributed by atoms with Crippen LogP contribution in [0.2, 0.25) is 5.28 Å². The maximum Gasteiger partial charge on any atom is 0.339 e. The third kappa shape index (κ3) is 13.5. The van der Waals surface area contributed by atoms with Gasteiger partial charge in [-0.15, -0.1) is 0 Å². The maximum atomic E-state index is 13.1. The Morgan fingerprint density at radius 2 is 1.00 bits per heavy atom. The van der Waals surface area contributed by atoms with Crippen LogP contribution in [0.25, 0.3) is 44.3 Å². The molecule has 0 spiro atoms. The van der Waals surface area contributed by atoms with Crippen molar-refractivity contribution < 1.29 is 40.5 Å². The van der Waals surface area contributed by atoms with Crippen LogP contribution in [0.5, 0.6) is 11.5 Å². The number of aromatic amines is 3. The van der Waals surface area contributed by atoms with E-state index < -0.39 is 24.9 Å². The van der Waals surface area contributed by atoms with Gasteiger partial charge in [-0.3, -0.25) is 14.2 Å². The molecule has 0 unspecified atom stereocenters. The number of rotatable bonds is 6. The Labute approximate surface area is 440 Å². The highest BCUT2D eigenvalue weighted by atomic mass is 36.0. The van der Waals surface area contributed by atoms with Gasteiger partial charge in [0.05, 0.1) is 44.9 Å². The van der Waals surface area contributed by atoms with E-state index in [-0.39, 0.29) is 29.0 Å². The highest BCUT2D eigenvalue weighted by Gasteiger charge is 2.24. The summed E-state index contributed by atoms with van der Waals surface area (Å²) < 4.78 is 68.7. The van der Waals surface area contributed by atoms with Gasteiger partial charge in [-0.25, -0.2) is 21.8 Å². The number of carbonyl (C=O) groups excluding carboxylic acids is 2. The summed E-state index contributed by atoms with van der Waals surface area (Å²) in [4.78, 5) is 43.6. The number of hydrogen-bond donors (Lipinski definition) is 3. The van der Waals surface area contributed by atoms with Crippen LogP contribution < -0.4 is 9.47 Å². The molecule has 8 aromatic rings. The summed E-state index contributed by atoms with van der Waals surface area (Å²) in [5, 5.41) is -2.88. The van der Waals surface area contributed by atoms with E-state index in [1.54, 1.807) is 34.1 Å². The number of nitrogens with one attached hydrogen (secondary N) is 3. The highest BCUT2D eigenvalue weighted by Crippen LogP contribution is 2.61. The van der Waals surface area contributed by atoms with Crippen LogP contribution in [0.3, 0.4) is 0 Å². The molecular weight excluding hydrogens is 1090 g/mol. The Hall–Kier alpha value is -5.69. The number of hydrogen-bond acceptors (Lipinski definition) is 11. The molecule has 23 heteroatoms. The number of benzene rings is 6. The lowest BCUT2D eigenvalue weighted by Crippen LogP contribution is -2.32. The smallest absolute Gasteiger partial charge is 0.339 e. The number of H-pyrrole nitrogens is 3. The molecule has 2 aliphatic heterocycles. The standard InChI is InChI=1S/C24H20ClN3O4S.C24H21N3O4S2.CH4.Cl3OP/c1-33(30,31)19-6-2-15(3-7-19)23(29)28-10-11-32-22-9-5-16(12-18(22)14-28)17-4-8-20-21(13-17)27-24(25)26-20;1-33(29,30)19-6-2-15(3-7-19)23(28)27-10-11-31-22-9-5-16(12-18(22)14-27)17-4-8-20-21(13-17)26-24(32)25-20;;1-5(2,3)4/h2-9,12-13H,10-11,14H2,1H3,(H,26,27);2-9,12-13H,10-11,14H2,1H3,(H2,25,26,32);1H4;. The predicted molar refractivity (Wildman–Crippen MR) is 287 cm³/mol. The van der Waals surface area contributed by atoms with E-state index in [4.69, 9.17) is 33.3 Å². The molecule has 376 valence electrons. The number of halogens is 4. The van der Waals surface area contributed by atoms with Crippen LogP contribution in [0, 0.1) is 4.77 Å². The maximum absolute atomic E-state index is 13.1. The van der Waals surface area contributed by atoms with Gasteiger partial charge >= 0.3 is 5.20 Å². The lowest BCUT2D eigenvalue weighted by Gasteiger charge is -2.20. The number of nitrogens with zero attached hydrogens (tertiary/aromatic N) is 3. The molecule has 0 bridgehead atoms. The summed E-state index contributed by atoms with van der Waals surface area (Å²) in [6.07, 6.45) is 2.29. The van der Waals surface area contributed by atoms with Crippen molar-refractivity contribution in [1.29, 1.82) is 0 Å². The molecule has 0 fully saturated rings. The predicted octanol–water partition coefficient (Wildman–Crippen LogP) is 12.1. The zero-order valence-electron chi connectivity index (χ0n) is 37.5. The molecule has 0 radical (unpaired) electrons. The van der Waals surface area contributed by atoms with E-state index in [9.17, 15) is 31.0 Å². The Bertz CT molecular complexity index is 3670. The summed E-state index contributed by atoms with van der Waals surface area (Å²) in [6, 6.07) is 35.9. The molecule has 0 saturated carbocycles. The molecule has 0 atom stereocenters. The van der Waals surface area contributed by atoms with E-state index in [0.717, 1.165) is 79.5 Å². The minimum Gasteiger partial charge on any atom is -0.491 e. The van der Waals surface area contributed by atoms with Gasteiger partial charge < -0.3 is 34.2 Å². The number of aromatic nitrogens is 4. The quantitative estimate of drug-likeness (QED) is 0.105. The average molecular weight is 1130 g/mol. The second-order valence-electron chi connectivity index (χ2n) is 16.4. The van der Waals surface area contributed by atoms with Crippen LogP contribution >= 0.6 is 62.7 Å². The van der Waals surface area contributed by atoms with Crippen molar-refractivity contribution >= 4 is 116 Å². The van der Waals surface area contributed by atoms with Gasteiger partial charge in [-0.05, 0) is 177 Å². The van der Waals surface area contributed by atoms with Gasteiger partial charge in [-0.1, -0.05) is 31.7 Å². The number of fused-ring (bicyclic) bond motifs is 4. The zero-order chi connectivity index (χ0) is 50.8. The van der Waals surface area contributed by atoms with Gasteiger partial charge in [0.1, 0.15) is 24.7 Å². The van der Waals surface area contributed by atoms with Crippen LogP contribution in [0.4, 0.5) is 0 Å². The van der Waals surface area contributed by atoms with Crippen molar-refractivity contribution in [3.63, 3.8) is 0 Å². The van der Waals surface area contributed by atoms with E-state index >= 15 is 0 Å². The van der Waals surface area contributed by atoms with Crippen molar-refractivity contribution in [2.75, 3.05) is 38.8 Å². The molecule has 10 rings (SSSR count). The fourth-order valence-corrected chi connectivity index (χ4v) is 9.59. The number of sulfone groups is 2. The molecule has 0 aliphatic carbocycles. The van der Waals surface area contributed by atoms with E-state index in [1.807, 2.05) is 72.8 Å². The molecule has 4 heterocycles. The van der Waals surface area contributed by atoms with Gasteiger partial charge in [-0.2, -0.15) is 0 Å². The van der Waals surface area contributed by atoms with E-state index in [2.05, 4.69) is 53.7 Å². The van der Waals surface area contributed by atoms with Crippen molar-refractivity contribution in [2.45, 2.75) is 30.3 Å². The third-order valence-corrected chi connectivity index (χ3v) is 14.0. The van der Waals surface area contributed by atoms with Crippen LogP contribution in [-0.4, -0.2) is 97.2 Å². The monoisotopic (exact) mass is 1130 g/mol. The first-order chi connectivity index (χ1) is 33.6. The SMILES string of the molecule is C.CS(=O)(=O)c1ccc(C(=O)N2CCOc3ccc(-c4ccc5[nH]c(=S)[nH]c5c4)cc3C2)cc1.CS(=O)(=O)c1ccc(C(=O)N2CCOc3ccc(-c4ccc5nc(Cl)[nH]c5c4)cc3C2)cc1.O=P(Cl)(Cl)Cl. The number of ether oxygens (including phenoxy) is 2. The van der Waals surface area contributed by atoms with Gasteiger partial charge in [0.15, 0.2) is 24.4 Å². The van der Waals surface area contributed by atoms with E-state index in [1.165, 1.54) is 24.3 Å². The van der Waals surface area contributed by atoms with Crippen molar-refractivity contribution in [3.05, 3.63) is 154 Å². The molecule has 2 aromatic heterocycles. The van der Waals surface area contributed by atoms with E-state index in [0.29, 0.717) is 60.6 Å². The first-order valence-electron chi connectivity index (χ1n) is 21.3. The van der Waals surface area contributed by atoms with Gasteiger partial charge in [0, 0.05) is 47.9 Å². The minimum atomic E-state index is -3.32. The van der Waals surface area contributed by atoms with Crippen LogP contribution in [-0.2, 0) is 37.3 Å². The topological polar surface area (TPSA) is 205 Å². The molecule has 2 aliphatic rings. The first kappa shape index (κ1) is 54.1. The van der Waals surface area contributed by atoms with Crippen LogP contribution in [0.1, 0.15) is 39.3 Å². The first-order valence-corrected chi connectivity index (χ1v) is 30.3. The Morgan fingerprint density at radius 1 is 0.597 bits per heavy atom. The Kier molecular flexibility index (Phi) is 16.7. The lowest BCUT2D eigenvalue weighted by atomic mass is 10.0. The minimum absolute atomic E-state index is 0. The molecule has 2 amide bonds. The van der Waals surface area contributed by atoms with Crippen molar-refractivity contribution in [3.8, 4) is 33.8 Å². The number of amides is 2.